The Balaban J connectivity index is 1.39. The zero-order chi connectivity index (χ0) is 19.7. The van der Waals surface area contributed by atoms with E-state index in [1.807, 2.05) is 24.3 Å². The summed E-state index contributed by atoms with van der Waals surface area (Å²) in [6.45, 7) is 0. The number of para-hydroxylation sites is 1. The minimum Gasteiger partial charge on any atom is -0.480 e. The van der Waals surface area contributed by atoms with E-state index in [1.54, 1.807) is 18.2 Å². The van der Waals surface area contributed by atoms with Crippen molar-refractivity contribution >= 4 is 27.4 Å². The molecule has 7 nitrogen and oxygen atoms in total. The number of anilines is 1. The van der Waals surface area contributed by atoms with Crippen LogP contribution in [0.2, 0.25) is 0 Å². The summed E-state index contributed by atoms with van der Waals surface area (Å²) >= 11 is 0. The summed E-state index contributed by atoms with van der Waals surface area (Å²) in [4.78, 5) is 24.8. The zero-order valence-electron chi connectivity index (χ0n) is 15.0. The van der Waals surface area contributed by atoms with Crippen LogP contribution in [0.4, 0.5) is 5.69 Å². The lowest BCUT2D eigenvalue weighted by atomic mass is 10.1. The Morgan fingerprint density at radius 3 is 2.68 bits per heavy atom. The Labute approximate surface area is 162 Å². The molecule has 2 atom stereocenters. The molecule has 0 aliphatic carbocycles. The maximum absolute atomic E-state index is 12.5. The predicted octanol–water partition coefficient (Wildman–Crippen LogP) is 1.97. The van der Waals surface area contributed by atoms with Crippen LogP contribution in [0.15, 0.2) is 48.5 Å². The van der Waals surface area contributed by atoms with E-state index in [2.05, 4.69) is 5.32 Å². The molecule has 2 aromatic carbocycles. The molecular formula is C20H19NO6S. The smallest absolute Gasteiger partial charge is 0.338 e. The van der Waals surface area contributed by atoms with Crippen LogP contribution in [0, 0.1) is 0 Å². The fraction of sp³-hybridized carbons (Fsp3) is 0.300. The lowest BCUT2D eigenvalue weighted by molar-refractivity contribution is -0.122. The number of ether oxygens (including phenoxy) is 2. The van der Waals surface area contributed by atoms with Gasteiger partial charge >= 0.3 is 5.97 Å². The van der Waals surface area contributed by atoms with E-state index in [-0.39, 0.29) is 23.0 Å². The number of rotatable bonds is 4. The third-order valence-electron chi connectivity index (χ3n) is 4.77. The lowest BCUT2D eigenvalue weighted by Gasteiger charge is -2.13. The van der Waals surface area contributed by atoms with Crippen LogP contribution in [0.1, 0.15) is 22.3 Å². The van der Waals surface area contributed by atoms with Gasteiger partial charge in [-0.2, -0.15) is 0 Å². The Bertz CT molecular complexity index is 1010. The van der Waals surface area contributed by atoms with Crippen molar-refractivity contribution in [3.05, 3.63) is 59.7 Å². The van der Waals surface area contributed by atoms with Gasteiger partial charge in [0.1, 0.15) is 11.9 Å². The molecule has 2 aliphatic heterocycles. The van der Waals surface area contributed by atoms with E-state index >= 15 is 0 Å². The molecule has 1 amide bonds. The second kappa shape index (κ2) is 7.27. The highest BCUT2D eigenvalue weighted by atomic mass is 32.2. The standard InChI is InChI=1S/C20H19NO6S/c22-19(18-11-13-4-1-2-7-17(13)27-18)21-15-6-3-5-14(10-15)20(23)26-16-8-9-28(24,25)12-16/h1-7,10,16,18H,8-9,11-12H2,(H,21,22)/t16-,18+/m0/s1. The molecular weight excluding hydrogens is 382 g/mol. The van der Waals surface area contributed by atoms with Gasteiger partial charge in [-0.1, -0.05) is 24.3 Å². The van der Waals surface area contributed by atoms with Gasteiger partial charge in [-0.3, -0.25) is 4.79 Å². The Hall–Kier alpha value is -2.87. The fourth-order valence-corrected chi connectivity index (χ4v) is 4.94. The Morgan fingerprint density at radius 1 is 1.11 bits per heavy atom. The van der Waals surface area contributed by atoms with Crippen molar-refractivity contribution in [2.45, 2.75) is 25.0 Å². The summed E-state index contributed by atoms with van der Waals surface area (Å²) in [6.07, 6.45) is -0.456. The molecule has 1 N–H and O–H groups in total. The first-order valence-electron chi connectivity index (χ1n) is 8.96. The SMILES string of the molecule is O=C(O[C@H]1CCS(=O)(=O)C1)c1cccc(NC(=O)[C@H]2Cc3ccccc3O2)c1. The Kier molecular flexibility index (Phi) is 4.80. The summed E-state index contributed by atoms with van der Waals surface area (Å²) in [5.74, 6) is -0.322. The molecule has 2 aromatic rings. The minimum absolute atomic E-state index is 0.0326. The first-order chi connectivity index (χ1) is 13.4. The maximum atomic E-state index is 12.5. The zero-order valence-corrected chi connectivity index (χ0v) is 15.8. The molecule has 0 spiro atoms. The quantitative estimate of drug-likeness (QED) is 0.787. The van der Waals surface area contributed by atoms with Crippen LogP contribution in [-0.4, -0.2) is 44.0 Å². The van der Waals surface area contributed by atoms with Crippen molar-refractivity contribution in [1.29, 1.82) is 0 Å². The van der Waals surface area contributed by atoms with Crippen molar-refractivity contribution < 1.29 is 27.5 Å². The van der Waals surface area contributed by atoms with Gasteiger partial charge in [-0.15, -0.1) is 0 Å². The van der Waals surface area contributed by atoms with E-state index < -0.39 is 28.0 Å². The molecule has 0 saturated carbocycles. The molecule has 0 radical (unpaired) electrons. The summed E-state index contributed by atoms with van der Waals surface area (Å²) in [7, 11) is -3.13. The molecule has 146 valence electrons. The van der Waals surface area contributed by atoms with Crippen molar-refractivity contribution in [3.63, 3.8) is 0 Å². The van der Waals surface area contributed by atoms with Gasteiger partial charge < -0.3 is 14.8 Å². The summed E-state index contributed by atoms with van der Waals surface area (Å²) in [6, 6.07) is 13.8. The van der Waals surface area contributed by atoms with Gasteiger partial charge in [0.2, 0.25) is 0 Å². The normalized spacial score (nSPS) is 22.1. The van der Waals surface area contributed by atoms with Crippen LogP contribution in [0.3, 0.4) is 0 Å². The first-order valence-corrected chi connectivity index (χ1v) is 10.8. The molecule has 28 heavy (non-hydrogen) atoms. The minimum atomic E-state index is -3.13. The number of benzene rings is 2. The van der Waals surface area contributed by atoms with E-state index in [0.29, 0.717) is 24.3 Å². The van der Waals surface area contributed by atoms with E-state index in [1.165, 1.54) is 6.07 Å². The number of sulfone groups is 1. The predicted molar refractivity (Wildman–Crippen MR) is 102 cm³/mol. The molecule has 1 fully saturated rings. The van der Waals surface area contributed by atoms with Crippen molar-refractivity contribution in [2.75, 3.05) is 16.8 Å². The summed E-state index contributed by atoms with van der Waals surface area (Å²) < 4.78 is 33.9. The second-order valence-corrected chi connectivity index (χ2v) is 9.15. The number of nitrogens with one attached hydrogen (secondary N) is 1. The van der Waals surface area contributed by atoms with E-state index in [0.717, 1.165) is 5.56 Å². The van der Waals surface area contributed by atoms with Gasteiger partial charge in [-0.05, 0) is 36.2 Å². The van der Waals surface area contributed by atoms with Crippen LogP contribution in [-0.2, 0) is 25.8 Å². The molecule has 0 bridgehead atoms. The maximum Gasteiger partial charge on any atom is 0.338 e. The van der Waals surface area contributed by atoms with Crippen LogP contribution in [0.25, 0.3) is 0 Å². The highest BCUT2D eigenvalue weighted by molar-refractivity contribution is 7.91. The highest BCUT2D eigenvalue weighted by Crippen LogP contribution is 2.28. The third kappa shape index (κ3) is 4.01. The highest BCUT2D eigenvalue weighted by Gasteiger charge is 2.31. The van der Waals surface area contributed by atoms with Gasteiger partial charge in [0.05, 0.1) is 17.1 Å². The largest absolute Gasteiger partial charge is 0.480 e. The molecule has 8 heteroatoms. The molecule has 2 heterocycles. The molecule has 0 aromatic heterocycles. The first kappa shape index (κ1) is 18.5. The van der Waals surface area contributed by atoms with Gasteiger partial charge in [0.15, 0.2) is 15.9 Å². The second-order valence-electron chi connectivity index (χ2n) is 6.92. The van der Waals surface area contributed by atoms with Crippen LogP contribution < -0.4 is 10.1 Å². The summed E-state index contributed by atoms with van der Waals surface area (Å²) in [5.41, 5.74) is 1.67. The average Bonchev–Trinajstić information content (AvgIpc) is 3.24. The van der Waals surface area contributed by atoms with Gasteiger partial charge in [-0.25, -0.2) is 13.2 Å². The van der Waals surface area contributed by atoms with E-state index in [9.17, 15) is 18.0 Å². The number of hydrogen-bond acceptors (Lipinski definition) is 6. The van der Waals surface area contributed by atoms with Crippen LogP contribution in [0.5, 0.6) is 5.75 Å². The van der Waals surface area contributed by atoms with Gasteiger partial charge in [0, 0.05) is 12.1 Å². The number of hydrogen-bond donors (Lipinski definition) is 1. The number of fused-ring (bicyclic) bond motifs is 1. The van der Waals surface area contributed by atoms with Crippen molar-refractivity contribution in [3.8, 4) is 5.75 Å². The average molecular weight is 401 g/mol. The number of esters is 1. The number of amides is 1. The molecule has 0 unspecified atom stereocenters. The molecule has 2 aliphatic rings. The van der Waals surface area contributed by atoms with Crippen molar-refractivity contribution in [2.24, 2.45) is 0 Å². The summed E-state index contributed by atoms with van der Waals surface area (Å²) in [5, 5.41) is 2.75. The monoisotopic (exact) mass is 401 g/mol. The fourth-order valence-electron chi connectivity index (χ4n) is 3.35. The number of carbonyl (C=O) groups excluding carboxylic acids is 2. The van der Waals surface area contributed by atoms with Crippen LogP contribution >= 0.6 is 0 Å². The molecule has 1 saturated heterocycles. The van der Waals surface area contributed by atoms with Gasteiger partial charge in [0.25, 0.3) is 5.91 Å². The number of carbonyl (C=O) groups is 2. The third-order valence-corrected chi connectivity index (χ3v) is 6.51. The molecule has 4 rings (SSSR count). The Morgan fingerprint density at radius 2 is 1.93 bits per heavy atom. The van der Waals surface area contributed by atoms with E-state index in [4.69, 9.17) is 9.47 Å². The topological polar surface area (TPSA) is 98.8 Å². The lowest BCUT2D eigenvalue weighted by Crippen LogP contribution is -2.31. The van der Waals surface area contributed by atoms with Crippen molar-refractivity contribution in [1.82, 2.24) is 0 Å².